The minimum atomic E-state index is -1.73. The van der Waals surface area contributed by atoms with E-state index >= 15 is 0 Å². The lowest BCUT2D eigenvalue weighted by molar-refractivity contribution is -0.151. The van der Waals surface area contributed by atoms with Gasteiger partial charge in [-0.1, -0.05) is 84.0 Å². The molecule has 0 amide bonds. The van der Waals surface area contributed by atoms with Crippen LogP contribution in [0.3, 0.4) is 0 Å². The fraction of sp³-hybridized carbons (Fsp3) is 0.690. The zero-order valence-corrected chi connectivity index (χ0v) is 23.4. The van der Waals surface area contributed by atoms with Crippen molar-refractivity contribution in [1.29, 1.82) is 5.26 Å². The highest BCUT2D eigenvalue weighted by Crippen LogP contribution is 2.46. The van der Waals surface area contributed by atoms with E-state index in [1.807, 2.05) is 0 Å². The van der Waals surface area contributed by atoms with Crippen LogP contribution >= 0.6 is 0 Å². The molecule has 11 nitrogen and oxygen atoms in total. The Balaban J connectivity index is 1.19. The summed E-state index contributed by atoms with van der Waals surface area (Å²) >= 11 is 0. The Labute approximate surface area is 235 Å². The number of nitriles is 1. The molecule has 2 aliphatic heterocycles. The number of anilines is 1. The molecule has 0 aliphatic carbocycles. The molecule has 4 heterocycles. The van der Waals surface area contributed by atoms with Gasteiger partial charge < -0.3 is 24.7 Å². The number of ether oxygens (including phenoxy) is 4. The van der Waals surface area contributed by atoms with Gasteiger partial charge in [-0.05, 0) is 18.6 Å². The number of carbonyl (C=O) groups is 2. The molecule has 2 N–H and O–H groups in total. The maximum atomic E-state index is 12.4. The van der Waals surface area contributed by atoms with Gasteiger partial charge in [-0.2, -0.15) is 10.4 Å². The number of nitrogen functional groups attached to an aromatic ring is 1. The normalized spacial score (nSPS) is 23.5. The number of fused-ring (bicyclic) bond motifs is 2. The van der Waals surface area contributed by atoms with Crippen molar-refractivity contribution in [2.75, 3.05) is 12.3 Å². The molecule has 0 radical (unpaired) electrons. The highest BCUT2D eigenvalue weighted by atomic mass is 16.8. The van der Waals surface area contributed by atoms with Crippen molar-refractivity contribution in [1.82, 2.24) is 14.6 Å². The lowest BCUT2D eigenvalue weighted by atomic mass is 9.92. The molecular formula is C29H41N5O6. The van der Waals surface area contributed by atoms with Crippen molar-refractivity contribution in [2.45, 2.75) is 121 Å². The Bertz CT molecular complexity index is 1180. The summed E-state index contributed by atoms with van der Waals surface area (Å²) in [5.74, 6) is -0.126. The van der Waals surface area contributed by atoms with Gasteiger partial charge in [0.1, 0.15) is 30.6 Å². The van der Waals surface area contributed by atoms with Crippen molar-refractivity contribution in [3.63, 3.8) is 0 Å². The van der Waals surface area contributed by atoms with Crippen LogP contribution in [-0.4, -0.2) is 51.6 Å². The van der Waals surface area contributed by atoms with Gasteiger partial charge in [0.25, 0.3) is 0 Å². The van der Waals surface area contributed by atoms with Crippen LogP contribution in [0.4, 0.5) is 10.6 Å². The van der Waals surface area contributed by atoms with Gasteiger partial charge in [0.2, 0.25) is 5.60 Å². The Kier molecular flexibility index (Phi) is 10.6. The van der Waals surface area contributed by atoms with Crippen LogP contribution in [0.25, 0.3) is 5.52 Å². The van der Waals surface area contributed by atoms with E-state index in [4.69, 9.17) is 24.7 Å². The summed E-state index contributed by atoms with van der Waals surface area (Å²) in [5.41, 5.74) is 5.00. The maximum absolute atomic E-state index is 12.4. The van der Waals surface area contributed by atoms with Gasteiger partial charge in [0.05, 0.1) is 5.69 Å². The topological polar surface area (TPSA) is 151 Å². The van der Waals surface area contributed by atoms with Gasteiger partial charge in [0.15, 0.2) is 18.0 Å². The fourth-order valence-corrected chi connectivity index (χ4v) is 5.58. The van der Waals surface area contributed by atoms with Crippen LogP contribution in [0.2, 0.25) is 0 Å². The second kappa shape index (κ2) is 14.3. The molecule has 2 saturated heterocycles. The molecule has 40 heavy (non-hydrogen) atoms. The van der Waals surface area contributed by atoms with E-state index in [0.717, 1.165) is 19.3 Å². The summed E-state index contributed by atoms with van der Waals surface area (Å²) in [6.07, 6.45) is 13.8. The summed E-state index contributed by atoms with van der Waals surface area (Å²) in [6, 6.07) is 5.42. The van der Waals surface area contributed by atoms with Crippen LogP contribution in [0.5, 0.6) is 0 Å². The maximum Gasteiger partial charge on any atom is 0.509 e. The van der Waals surface area contributed by atoms with Gasteiger partial charge in [0, 0.05) is 6.42 Å². The number of unbranched alkanes of at least 4 members (excludes halogenated alkanes) is 12. The molecule has 2 aliphatic rings. The summed E-state index contributed by atoms with van der Waals surface area (Å²) < 4.78 is 23.7. The van der Waals surface area contributed by atoms with Crippen LogP contribution in [0.1, 0.15) is 103 Å². The lowest BCUT2D eigenvalue weighted by Crippen LogP contribution is -2.39. The Morgan fingerprint density at radius 1 is 1.05 bits per heavy atom. The van der Waals surface area contributed by atoms with Crippen LogP contribution in [0.15, 0.2) is 18.5 Å². The molecule has 0 unspecified atom stereocenters. The number of aromatic nitrogens is 3. The number of nitrogens with zero attached hydrogens (tertiary/aromatic N) is 4. The molecular weight excluding hydrogens is 514 g/mol. The van der Waals surface area contributed by atoms with E-state index in [1.54, 1.807) is 12.1 Å². The third-order valence-corrected chi connectivity index (χ3v) is 7.78. The second-order valence-corrected chi connectivity index (χ2v) is 10.7. The first-order valence-electron chi connectivity index (χ1n) is 14.7. The molecule has 218 valence electrons. The number of hydrogen-bond acceptors (Lipinski definition) is 10. The predicted octanol–water partition coefficient (Wildman–Crippen LogP) is 5.36. The third-order valence-electron chi connectivity index (χ3n) is 7.78. The van der Waals surface area contributed by atoms with Crippen LogP contribution in [-0.2, 0) is 29.3 Å². The van der Waals surface area contributed by atoms with E-state index < -0.39 is 30.1 Å². The number of esters is 1. The number of rotatable bonds is 17. The highest BCUT2D eigenvalue weighted by Gasteiger charge is 2.65. The minimum Gasteiger partial charge on any atom is -0.463 e. The predicted molar refractivity (Wildman–Crippen MR) is 146 cm³/mol. The zero-order valence-electron chi connectivity index (χ0n) is 23.4. The molecule has 2 aromatic rings. The lowest BCUT2D eigenvalue weighted by Gasteiger charge is -2.24. The molecule has 4 atom stereocenters. The number of nitrogens with two attached hydrogens (primary N) is 1. The summed E-state index contributed by atoms with van der Waals surface area (Å²) in [5, 5.41) is 14.4. The largest absolute Gasteiger partial charge is 0.509 e. The summed E-state index contributed by atoms with van der Waals surface area (Å²) in [7, 11) is 0. The van der Waals surface area contributed by atoms with E-state index in [-0.39, 0.29) is 18.4 Å². The third kappa shape index (κ3) is 6.84. The molecule has 2 fully saturated rings. The Morgan fingerprint density at radius 3 is 2.35 bits per heavy atom. The van der Waals surface area contributed by atoms with Crippen LogP contribution < -0.4 is 5.73 Å². The van der Waals surface area contributed by atoms with Crippen molar-refractivity contribution in [2.24, 2.45) is 0 Å². The SMILES string of the molecule is CCCCCCCCCCCCCCCC(=O)OC[C@H]1O[C@@](C#N)(c2ccc3c(N)ncnn23)[C@@H]2OC(=O)O[C@@H]21. The Hall–Kier alpha value is -3.39. The standard InChI is InChI=1S/C29H41N5O6/c1-2-3-4-5-6-7-8-9-10-11-12-13-14-15-24(35)37-18-22-25-26(39-28(36)38-25)29(19-30,40-22)23-17-16-21-27(31)32-20-33-34(21)23/h16-17,20,22,25-26H,2-15,18H2,1H3,(H2,31,32,33)/t22-,25-,26-,29+/m1/s1. The summed E-state index contributed by atoms with van der Waals surface area (Å²) in [4.78, 5) is 28.4. The van der Waals surface area contributed by atoms with Gasteiger partial charge >= 0.3 is 12.1 Å². The highest BCUT2D eigenvalue weighted by molar-refractivity contribution is 5.69. The molecule has 2 aromatic heterocycles. The van der Waals surface area contributed by atoms with E-state index in [1.165, 1.54) is 75.1 Å². The molecule has 0 saturated carbocycles. The van der Waals surface area contributed by atoms with Crippen molar-refractivity contribution in [3.8, 4) is 6.07 Å². The summed E-state index contributed by atoms with van der Waals surface area (Å²) in [6.45, 7) is 2.08. The molecule has 0 bridgehead atoms. The van der Waals surface area contributed by atoms with Crippen molar-refractivity contribution >= 4 is 23.5 Å². The quantitative estimate of drug-likeness (QED) is 0.199. The smallest absolute Gasteiger partial charge is 0.463 e. The molecule has 0 spiro atoms. The van der Waals surface area contributed by atoms with E-state index in [2.05, 4.69) is 23.1 Å². The molecule has 4 rings (SSSR count). The number of hydrogen-bond donors (Lipinski definition) is 1. The fourth-order valence-electron chi connectivity index (χ4n) is 5.58. The first-order valence-corrected chi connectivity index (χ1v) is 14.7. The molecule has 0 aromatic carbocycles. The first kappa shape index (κ1) is 29.6. The second-order valence-electron chi connectivity index (χ2n) is 10.7. The van der Waals surface area contributed by atoms with Crippen LogP contribution in [0, 0.1) is 11.3 Å². The zero-order chi connectivity index (χ0) is 28.4. The van der Waals surface area contributed by atoms with Gasteiger partial charge in [-0.3, -0.25) is 4.79 Å². The van der Waals surface area contributed by atoms with E-state index in [0.29, 0.717) is 17.6 Å². The first-order chi connectivity index (χ1) is 19.5. The minimum absolute atomic E-state index is 0.168. The van der Waals surface area contributed by atoms with E-state index in [9.17, 15) is 14.9 Å². The average Bonchev–Trinajstić information content (AvgIpc) is 3.64. The average molecular weight is 556 g/mol. The number of carbonyl (C=O) groups excluding carboxylic acids is 2. The van der Waals surface area contributed by atoms with Crippen molar-refractivity contribution < 1.29 is 28.5 Å². The van der Waals surface area contributed by atoms with Gasteiger partial charge in [-0.15, -0.1) is 0 Å². The van der Waals surface area contributed by atoms with Gasteiger partial charge in [-0.25, -0.2) is 14.3 Å². The van der Waals surface area contributed by atoms with Crippen molar-refractivity contribution in [3.05, 3.63) is 24.2 Å². The Morgan fingerprint density at radius 2 is 1.70 bits per heavy atom. The monoisotopic (exact) mass is 555 g/mol. The molecule has 11 heteroatoms.